The molecule has 0 aliphatic carbocycles. The van der Waals surface area contributed by atoms with Crippen molar-refractivity contribution in [1.29, 1.82) is 0 Å². The zero-order chi connectivity index (χ0) is 13.1. The van der Waals surface area contributed by atoms with Crippen molar-refractivity contribution in [3.05, 3.63) is 60.7 Å². The standard InChI is InChI=1S/C16H17O2P/c17-19(16-12-7-13-18-16,14-8-3-1-4-9-14)15-10-5-2-6-11-15/h1-6,8-11,16H,7,12-13H2/t16-/m1/s1. The lowest BCUT2D eigenvalue weighted by molar-refractivity contribution is 0.166. The van der Waals surface area contributed by atoms with Crippen LogP contribution in [0.1, 0.15) is 12.8 Å². The fraction of sp³-hybridized carbons (Fsp3) is 0.250. The minimum Gasteiger partial charge on any atom is -0.370 e. The quantitative estimate of drug-likeness (QED) is 0.802. The van der Waals surface area contributed by atoms with E-state index in [1.54, 1.807) is 0 Å². The number of benzene rings is 2. The number of hydrogen-bond acceptors (Lipinski definition) is 2. The van der Waals surface area contributed by atoms with Crippen LogP contribution in [0.2, 0.25) is 0 Å². The fourth-order valence-corrected chi connectivity index (χ4v) is 5.68. The Labute approximate surface area is 113 Å². The van der Waals surface area contributed by atoms with E-state index in [1.165, 1.54) is 0 Å². The first-order chi connectivity index (χ1) is 9.32. The molecule has 1 aliphatic heterocycles. The van der Waals surface area contributed by atoms with Crippen LogP contribution < -0.4 is 10.6 Å². The lowest BCUT2D eigenvalue weighted by Gasteiger charge is -2.24. The first-order valence-corrected chi connectivity index (χ1v) is 8.42. The van der Waals surface area contributed by atoms with E-state index < -0.39 is 7.14 Å². The SMILES string of the molecule is O=P(c1ccccc1)(c1ccccc1)[C@@H]1CCCO1. The summed E-state index contributed by atoms with van der Waals surface area (Å²) in [6.45, 7) is 0.717. The van der Waals surface area contributed by atoms with Gasteiger partial charge in [-0.3, -0.25) is 0 Å². The van der Waals surface area contributed by atoms with E-state index in [9.17, 15) is 4.57 Å². The first-order valence-electron chi connectivity index (χ1n) is 6.64. The summed E-state index contributed by atoms with van der Waals surface area (Å²) in [7, 11) is -2.69. The van der Waals surface area contributed by atoms with E-state index >= 15 is 0 Å². The van der Waals surface area contributed by atoms with E-state index in [0.717, 1.165) is 23.5 Å². The van der Waals surface area contributed by atoms with Crippen molar-refractivity contribution >= 4 is 17.8 Å². The summed E-state index contributed by atoms with van der Waals surface area (Å²) in [5.41, 5.74) is 0. The molecule has 0 N–H and O–H groups in total. The Morgan fingerprint density at radius 1 is 0.895 bits per heavy atom. The second-order valence-electron chi connectivity index (χ2n) is 4.80. The van der Waals surface area contributed by atoms with E-state index in [0.29, 0.717) is 6.61 Å². The molecular weight excluding hydrogens is 255 g/mol. The summed E-state index contributed by atoms with van der Waals surface area (Å²) in [6.07, 6.45) is 1.87. The van der Waals surface area contributed by atoms with Crippen LogP contribution in [0.25, 0.3) is 0 Å². The van der Waals surface area contributed by atoms with Crippen LogP contribution in [0.4, 0.5) is 0 Å². The molecule has 19 heavy (non-hydrogen) atoms. The maximum absolute atomic E-state index is 13.7. The van der Waals surface area contributed by atoms with Crippen LogP contribution in [0, 0.1) is 0 Å². The highest BCUT2D eigenvalue weighted by molar-refractivity contribution is 7.79. The molecule has 0 aromatic heterocycles. The van der Waals surface area contributed by atoms with Crippen LogP contribution in [-0.4, -0.2) is 12.5 Å². The van der Waals surface area contributed by atoms with E-state index in [4.69, 9.17) is 4.74 Å². The van der Waals surface area contributed by atoms with Crippen LogP contribution >= 0.6 is 7.14 Å². The van der Waals surface area contributed by atoms with Gasteiger partial charge < -0.3 is 9.30 Å². The second-order valence-corrected chi connectivity index (χ2v) is 7.72. The van der Waals surface area contributed by atoms with Crippen LogP contribution in [-0.2, 0) is 9.30 Å². The van der Waals surface area contributed by atoms with Gasteiger partial charge in [-0.05, 0) is 12.8 Å². The molecule has 1 aliphatic rings. The molecule has 1 heterocycles. The van der Waals surface area contributed by atoms with Gasteiger partial charge in [0.15, 0.2) is 7.14 Å². The van der Waals surface area contributed by atoms with Crippen molar-refractivity contribution in [2.45, 2.75) is 18.7 Å². The van der Waals surface area contributed by atoms with Gasteiger partial charge in [-0.2, -0.15) is 0 Å². The molecule has 0 radical (unpaired) electrons. The molecular formula is C16H17O2P. The Morgan fingerprint density at radius 2 is 1.42 bits per heavy atom. The topological polar surface area (TPSA) is 26.3 Å². The van der Waals surface area contributed by atoms with E-state index in [-0.39, 0.29) is 5.85 Å². The molecule has 0 saturated carbocycles. The Bertz CT molecular complexity index is 531. The fourth-order valence-electron chi connectivity index (χ4n) is 2.63. The monoisotopic (exact) mass is 272 g/mol. The molecule has 2 aromatic rings. The highest BCUT2D eigenvalue weighted by atomic mass is 31.2. The van der Waals surface area contributed by atoms with Crippen LogP contribution in [0.3, 0.4) is 0 Å². The number of rotatable bonds is 3. The van der Waals surface area contributed by atoms with Gasteiger partial charge in [0, 0.05) is 17.2 Å². The molecule has 2 nitrogen and oxygen atoms in total. The van der Waals surface area contributed by atoms with Crippen molar-refractivity contribution < 1.29 is 9.30 Å². The van der Waals surface area contributed by atoms with Gasteiger partial charge in [0.1, 0.15) is 5.85 Å². The summed E-state index contributed by atoms with van der Waals surface area (Å²) < 4.78 is 19.5. The van der Waals surface area contributed by atoms with Gasteiger partial charge in [-0.1, -0.05) is 60.7 Å². The molecule has 0 bridgehead atoms. The van der Waals surface area contributed by atoms with E-state index in [1.807, 2.05) is 60.7 Å². The Morgan fingerprint density at radius 3 is 1.84 bits per heavy atom. The minimum absolute atomic E-state index is 0.169. The zero-order valence-electron chi connectivity index (χ0n) is 10.7. The van der Waals surface area contributed by atoms with Crippen molar-refractivity contribution in [2.75, 3.05) is 6.61 Å². The zero-order valence-corrected chi connectivity index (χ0v) is 11.6. The summed E-state index contributed by atoms with van der Waals surface area (Å²) in [5.74, 6) is -0.169. The molecule has 2 aromatic carbocycles. The third-order valence-electron chi connectivity index (χ3n) is 3.59. The number of hydrogen-bond donors (Lipinski definition) is 0. The highest BCUT2D eigenvalue weighted by Crippen LogP contribution is 2.52. The van der Waals surface area contributed by atoms with Crippen LogP contribution in [0.15, 0.2) is 60.7 Å². The van der Waals surface area contributed by atoms with E-state index in [2.05, 4.69) is 0 Å². The van der Waals surface area contributed by atoms with Gasteiger partial charge in [-0.25, -0.2) is 0 Å². The molecule has 1 fully saturated rings. The molecule has 0 unspecified atom stereocenters. The van der Waals surface area contributed by atoms with Gasteiger partial charge in [0.05, 0.1) is 0 Å². The summed E-state index contributed by atoms with van der Waals surface area (Å²) in [6, 6.07) is 19.5. The smallest absolute Gasteiger partial charge is 0.170 e. The van der Waals surface area contributed by atoms with Gasteiger partial charge in [-0.15, -0.1) is 0 Å². The van der Waals surface area contributed by atoms with Crippen molar-refractivity contribution in [3.63, 3.8) is 0 Å². The van der Waals surface area contributed by atoms with Gasteiger partial charge >= 0.3 is 0 Å². The molecule has 1 atom stereocenters. The molecule has 0 amide bonds. The molecule has 1 saturated heterocycles. The molecule has 3 rings (SSSR count). The lowest BCUT2D eigenvalue weighted by Crippen LogP contribution is -2.25. The summed E-state index contributed by atoms with van der Waals surface area (Å²) in [5, 5.41) is 1.79. The molecule has 3 heteroatoms. The highest BCUT2D eigenvalue weighted by Gasteiger charge is 2.39. The maximum atomic E-state index is 13.7. The van der Waals surface area contributed by atoms with Crippen molar-refractivity contribution in [1.82, 2.24) is 0 Å². The van der Waals surface area contributed by atoms with Gasteiger partial charge in [0.25, 0.3) is 0 Å². The Balaban J connectivity index is 2.13. The van der Waals surface area contributed by atoms with Crippen molar-refractivity contribution in [3.8, 4) is 0 Å². The second kappa shape index (κ2) is 5.32. The Hall–Kier alpha value is -1.37. The normalized spacial score (nSPS) is 19.5. The maximum Gasteiger partial charge on any atom is 0.170 e. The molecule has 0 spiro atoms. The summed E-state index contributed by atoms with van der Waals surface area (Å²) in [4.78, 5) is 0. The average molecular weight is 272 g/mol. The summed E-state index contributed by atoms with van der Waals surface area (Å²) >= 11 is 0. The Kier molecular flexibility index (Phi) is 3.54. The molecule has 98 valence electrons. The van der Waals surface area contributed by atoms with Gasteiger partial charge in [0.2, 0.25) is 0 Å². The predicted molar refractivity (Wildman–Crippen MR) is 78.7 cm³/mol. The largest absolute Gasteiger partial charge is 0.370 e. The number of ether oxygens (including phenoxy) is 1. The minimum atomic E-state index is -2.69. The first kappa shape index (κ1) is 12.7. The third-order valence-corrected chi connectivity index (χ3v) is 6.94. The lowest BCUT2D eigenvalue weighted by atomic mass is 10.4. The third kappa shape index (κ3) is 2.27. The average Bonchev–Trinajstić information content (AvgIpc) is 3.03. The van der Waals surface area contributed by atoms with Crippen molar-refractivity contribution in [2.24, 2.45) is 0 Å². The van der Waals surface area contributed by atoms with Crippen LogP contribution in [0.5, 0.6) is 0 Å². The predicted octanol–water partition coefficient (Wildman–Crippen LogP) is 3.14.